The van der Waals surface area contributed by atoms with Crippen molar-refractivity contribution in [3.63, 3.8) is 0 Å². The Morgan fingerprint density at radius 2 is 1.11 bits per heavy atom. The van der Waals surface area contributed by atoms with Crippen LogP contribution in [0.3, 0.4) is 0 Å². The van der Waals surface area contributed by atoms with Crippen molar-refractivity contribution in [1.82, 2.24) is 0 Å². The predicted octanol–water partition coefficient (Wildman–Crippen LogP) is -5.34. The normalized spacial score (nSPS) is 6.44. The molecule has 0 aromatic heterocycles. The minimum atomic E-state index is -4.67. The molecule has 0 unspecified atom stereocenters. The first-order valence-corrected chi connectivity index (χ1v) is 2.10. The van der Waals surface area contributed by atoms with E-state index in [9.17, 15) is 0 Å². The van der Waals surface area contributed by atoms with Crippen molar-refractivity contribution in [1.29, 1.82) is 0 Å². The van der Waals surface area contributed by atoms with Gasteiger partial charge in [0, 0.05) is 0 Å². The molecule has 9 heavy (non-hydrogen) atoms. The summed E-state index contributed by atoms with van der Waals surface area (Å²) in [5.41, 5.74) is 0. The fraction of sp³-hybridized carbons (Fsp3) is 0. The molecule has 0 aliphatic carbocycles. The molecule has 0 atom stereocenters. The van der Waals surface area contributed by atoms with Crippen molar-refractivity contribution in [2.75, 3.05) is 0 Å². The van der Waals surface area contributed by atoms with Crippen LogP contribution in [-0.4, -0.2) is 66.2 Å². The summed E-state index contributed by atoms with van der Waals surface area (Å²) in [7, 11) is -4.67. The van der Waals surface area contributed by atoms with Gasteiger partial charge in [-0.1, -0.05) is 0 Å². The van der Waals surface area contributed by atoms with Gasteiger partial charge in [-0.05, 0) is 0 Å². The van der Waals surface area contributed by atoms with E-state index in [1.807, 2.05) is 0 Å². The second-order valence-electron chi connectivity index (χ2n) is 0.448. The third-order valence-electron chi connectivity index (χ3n) is 0. The van der Waals surface area contributed by atoms with Gasteiger partial charge < -0.3 is 15.2 Å². The van der Waals surface area contributed by atoms with Crippen LogP contribution >= 0.6 is 0 Å². The summed E-state index contributed by atoms with van der Waals surface area (Å²) in [4.78, 5) is 0. The van der Waals surface area contributed by atoms with E-state index in [0.717, 1.165) is 0 Å². The quantitative estimate of drug-likeness (QED) is 0.298. The minimum Gasteiger partial charge on any atom is -1.00 e. The zero-order chi connectivity index (χ0) is 4.50. The molecule has 0 bridgehead atoms. The maximum Gasteiger partial charge on any atom is 2.00 e. The van der Waals surface area contributed by atoms with Crippen molar-refractivity contribution in [2.24, 2.45) is 0 Å². The summed E-state index contributed by atoms with van der Waals surface area (Å²) < 4.78 is 31.6. The Morgan fingerprint density at radius 1 is 1.11 bits per heavy atom. The molecule has 0 radical (unpaired) electrons. The first kappa shape index (κ1) is 30.5. The fourth-order valence-corrected chi connectivity index (χ4v) is 0. The topological polar surface area (TPSA) is 138 Å². The van der Waals surface area contributed by atoms with Crippen LogP contribution in [-0.2, 0) is 10.4 Å². The first-order chi connectivity index (χ1) is 2.00. The van der Waals surface area contributed by atoms with E-state index in [-0.39, 0.29) is 82.5 Å². The third-order valence-corrected chi connectivity index (χ3v) is 0. The summed E-state index contributed by atoms with van der Waals surface area (Å²) in [6, 6.07) is 0. The van der Waals surface area contributed by atoms with Crippen LogP contribution in [0.1, 0.15) is 4.28 Å². The van der Waals surface area contributed by atoms with Gasteiger partial charge in [-0.25, -0.2) is 0 Å². The maximum absolute atomic E-state index is 8.74. The Kier molecular flexibility index (Phi) is 43.0. The second-order valence-corrected chi connectivity index (χ2v) is 1.34. The summed E-state index contributed by atoms with van der Waals surface area (Å²) in [5, 5.41) is 0. The molecule has 0 spiro atoms. The van der Waals surface area contributed by atoms with E-state index in [1.165, 1.54) is 0 Å². The molecule has 0 aliphatic heterocycles. The van der Waals surface area contributed by atoms with E-state index >= 15 is 0 Å². The molecule has 0 saturated carbocycles. The Balaban J connectivity index is -0.00000000381. The Labute approximate surface area is 109 Å². The van der Waals surface area contributed by atoms with Crippen LogP contribution in [0.5, 0.6) is 0 Å². The van der Waals surface area contributed by atoms with Gasteiger partial charge in [0.15, 0.2) is 0 Å². The van der Waals surface area contributed by atoms with Gasteiger partial charge >= 0.3 is 77.7 Å². The third kappa shape index (κ3) is 155. The van der Waals surface area contributed by atoms with Crippen molar-refractivity contribution in [3.8, 4) is 0 Å². The molecule has 54 valence electrons. The molecule has 0 rings (SSSR count). The SMILES string of the molecule is O.O.O=S(=O)(O)O.[Ca+2].[H-].[H-].[H-].[Na+]. The van der Waals surface area contributed by atoms with Gasteiger partial charge in [0.25, 0.3) is 0 Å². The summed E-state index contributed by atoms with van der Waals surface area (Å²) in [5.74, 6) is 0. The van der Waals surface area contributed by atoms with E-state index in [0.29, 0.717) is 0 Å². The van der Waals surface area contributed by atoms with Crippen LogP contribution in [0.4, 0.5) is 0 Å². The van der Waals surface area contributed by atoms with Crippen molar-refractivity contribution in [3.05, 3.63) is 0 Å². The molecule has 6 nitrogen and oxygen atoms in total. The molecular weight excluding hydrogens is 191 g/mol. The van der Waals surface area contributed by atoms with Gasteiger partial charge in [-0.15, -0.1) is 0 Å². The average Bonchev–Trinajstić information content (AvgIpc) is 0.722. The van der Waals surface area contributed by atoms with E-state index in [1.54, 1.807) is 0 Å². The largest absolute Gasteiger partial charge is 2.00 e. The number of hydrogen-bond donors (Lipinski definition) is 2. The molecule has 0 aliphatic rings. The smallest absolute Gasteiger partial charge is 1.00 e. The van der Waals surface area contributed by atoms with E-state index in [2.05, 4.69) is 0 Å². The molecule has 0 aromatic carbocycles. The molecule has 6 N–H and O–H groups in total. The Hall–Kier alpha value is 2.05. The standard InChI is InChI=1S/Ca.Na.H2O4S.2H2O.3H/c;;1-5(2,3)4;;;;;/h;;(H2,1,2,3,4);2*1H2;;;/q+2;+1;;;;3*-1. The molecule has 0 heterocycles. The zero-order valence-corrected chi connectivity index (χ0v) is 9.85. The molecular formula is H9CaNaO6S. The van der Waals surface area contributed by atoms with Crippen LogP contribution in [0.25, 0.3) is 0 Å². The fourth-order valence-electron chi connectivity index (χ4n) is 0. The van der Waals surface area contributed by atoms with Crippen molar-refractivity contribution >= 4 is 48.1 Å². The number of rotatable bonds is 0. The summed E-state index contributed by atoms with van der Waals surface area (Å²) in [6.45, 7) is 0. The number of hydrogen-bond acceptors (Lipinski definition) is 2. The van der Waals surface area contributed by atoms with Crippen LogP contribution in [0, 0.1) is 0 Å². The Morgan fingerprint density at radius 3 is 1.11 bits per heavy atom. The van der Waals surface area contributed by atoms with Crippen LogP contribution in [0.15, 0.2) is 0 Å². The maximum atomic E-state index is 8.74. The molecule has 0 saturated heterocycles. The minimum absolute atomic E-state index is 0. The second kappa shape index (κ2) is 12.7. The average molecular weight is 200 g/mol. The molecule has 0 fully saturated rings. The molecule has 0 amide bonds. The summed E-state index contributed by atoms with van der Waals surface area (Å²) in [6.07, 6.45) is 0. The molecule has 0 aromatic rings. The predicted molar refractivity (Wildman–Crippen MR) is 30.5 cm³/mol. The van der Waals surface area contributed by atoms with Crippen molar-refractivity contribution < 1.29 is 62.3 Å². The van der Waals surface area contributed by atoms with E-state index < -0.39 is 10.4 Å². The van der Waals surface area contributed by atoms with Crippen LogP contribution < -0.4 is 29.6 Å². The summed E-state index contributed by atoms with van der Waals surface area (Å²) >= 11 is 0. The van der Waals surface area contributed by atoms with E-state index in [4.69, 9.17) is 17.5 Å². The monoisotopic (exact) mass is 200 g/mol. The zero-order valence-electron chi connectivity index (χ0n) is 7.83. The van der Waals surface area contributed by atoms with Gasteiger partial charge in [-0.2, -0.15) is 8.42 Å². The first-order valence-electron chi connectivity index (χ1n) is 0.698. The van der Waals surface area contributed by atoms with Gasteiger partial charge in [0.2, 0.25) is 0 Å². The van der Waals surface area contributed by atoms with Gasteiger partial charge in [0.1, 0.15) is 0 Å². The Bertz CT molecular complexity index is 106. The van der Waals surface area contributed by atoms with Crippen LogP contribution in [0.2, 0.25) is 0 Å². The van der Waals surface area contributed by atoms with Gasteiger partial charge in [0.05, 0.1) is 0 Å². The van der Waals surface area contributed by atoms with Crippen molar-refractivity contribution in [2.45, 2.75) is 0 Å². The van der Waals surface area contributed by atoms with Gasteiger partial charge in [-0.3, -0.25) is 9.11 Å². The molecule has 9 heteroatoms.